The van der Waals surface area contributed by atoms with Crippen LogP contribution in [0.3, 0.4) is 0 Å². The third-order valence-corrected chi connectivity index (χ3v) is 5.42. The number of esters is 1. The molecule has 0 spiro atoms. The lowest BCUT2D eigenvalue weighted by molar-refractivity contribution is -0.136. The van der Waals surface area contributed by atoms with Crippen LogP contribution in [0.5, 0.6) is 5.75 Å². The fourth-order valence-corrected chi connectivity index (χ4v) is 3.58. The monoisotopic (exact) mass is 406 g/mol. The quantitative estimate of drug-likeness (QED) is 0.450. The Morgan fingerprint density at radius 1 is 1.43 bits per heavy atom. The Kier molecular flexibility index (Phi) is 6.48. The van der Waals surface area contributed by atoms with Crippen molar-refractivity contribution < 1.29 is 18.7 Å². The van der Waals surface area contributed by atoms with Crippen molar-refractivity contribution in [1.29, 1.82) is 0 Å². The van der Waals surface area contributed by atoms with Crippen molar-refractivity contribution in [2.75, 3.05) is 13.1 Å². The first-order chi connectivity index (χ1) is 13.3. The predicted octanol–water partition coefficient (Wildman–Crippen LogP) is 2.29. The molecule has 1 atom stereocenters. The van der Waals surface area contributed by atoms with Gasteiger partial charge in [-0.3, -0.25) is 9.80 Å². The van der Waals surface area contributed by atoms with Gasteiger partial charge in [0.05, 0.1) is 4.91 Å². The molecule has 3 N–H and O–H groups in total. The molecule has 28 heavy (non-hydrogen) atoms. The highest BCUT2D eigenvalue weighted by Gasteiger charge is 2.28. The van der Waals surface area contributed by atoms with Crippen molar-refractivity contribution in [3.63, 3.8) is 0 Å². The molecule has 0 bridgehead atoms. The molecule has 0 saturated carbocycles. The van der Waals surface area contributed by atoms with Crippen LogP contribution in [-0.2, 0) is 9.59 Å². The predicted molar refractivity (Wildman–Crippen MR) is 107 cm³/mol. The van der Waals surface area contributed by atoms with Gasteiger partial charge in [0, 0.05) is 24.7 Å². The molecule has 2 heterocycles. The van der Waals surface area contributed by atoms with Crippen LogP contribution in [-0.4, -0.2) is 41.2 Å². The maximum atomic E-state index is 13.7. The number of hydrogen-bond acceptors (Lipinski definition) is 7. The van der Waals surface area contributed by atoms with Gasteiger partial charge in [0.2, 0.25) is 0 Å². The van der Waals surface area contributed by atoms with E-state index in [0.29, 0.717) is 15.6 Å². The second kappa shape index (κ2) is 8.85. The Hall–Kier alpha value is -2.23. The molecule has 9 heteroatoms. The topological polar surface area (TPSA) is 97.0 Å². The lowest BCUT2D eigenvalue weighted by Crippen LogP contribution is -2.45. The number of nitrogens with one attached hydrogen (secondary N) is 1. The number of aliphatic imine (C=N–C) groups is 1. The van der Waals surface area contributed by atoms with Crippen LogP contribution in [0.25, 0.3) is 6.08 Å². The highest BCUT2D eigenvalue weighted by atomic mass is 32.2. The fourth-order valence-electron chi connectivity index (χ4n) is 2.67. The second-order valence-electron chi connectivity index (χ2n) is 6.95. The highest BCUT2D eigenvalue weighted by molar-refractivity contribution is 8.18. The Balaban J connectivity index is 1.80. The number of thioether (sulfide) groups is 1. The number of amidine groups is 1. The fraction of sp³-hybridized carbons (Fsp3) is 0.421. The summed E-state index contributed by atoms with van der Waals surface area (Å²) >= 11 is 1.23. The molecule has 1 unspecified atom stereocenters. The Bertz CT molecular complexity index is 834. The second-order valence-corrected chi connectivity index (χ2v) is 7.96. The van der Waals surface area contributed by atoms with Crippen molar-refractivity contribution >= 4 is 34.9 Å². The minimum Gasteiger partial charge on any atom is -0.425 e. The zero-order valence-electron chi connectivity index (χ0n) is 15.8. The number of halogens is 1. The van der Waals surface area contributed by atoms with Gasteiger partial charge in [0.25, 0.3) is 5.91 Å². The normalized spacial score (nSPS) is 19.9. The van der Waals surface area contributed by atoms with E-state index in [4.69, 9.17) is 10.5 Å². The summed E-state index contributed by atoms with van der Waals surface area (Å²) in [6.07, 6.45) is 3.65. The van der Waals surface area contributed by atoms with Crippen LogP contribution in [0, 0.1) is 11.7 Å². The lowest BCUT2D eigenvalue weighted by Gasteiger charge is -2.28. The van der Waals surface area contributed by atoms with Gasteiger partial charge in [0.1, 0.15) is 17.6 Å². The summed E-state index contributed by atoms with van der Waals surface area (Å²) in [4.78, 5) is 28.9. The molecule has 0 aromatic heterocycles. The number of hydrogen-bond donors (Lipinski definition) is 2. The maximum absolute atomic E-state index is 13.7. The first-order valence-electron chi connectivity index (χ1n) is 9.15. The van der Waals surface area contributed by atoms with E-state index in [9.17, 15) is 14.0 Å². The van der Waals surface area contributed by atoms with Gasteiger partial charge < -0.3 is 10.5 Å². The molecule has 0 radical (unpaired) electrons. The average Bonchev–Trinajstić information content (AvgIpc) is 3.04. The third kappa shape index (κ3) is 4.78. The van der Waals surface area contributed by atoms with E-state index < -0.39 is 17.8 Å². The average molecular weight is 406 g/mol. The van der Waals surface area contributed by atoms with Gasteiger partial charge in [0.15, 0.2) is 5.17 Å². The standard InChI is InChI=1S/C19H23FN4O3S/c1-11(2)16(21)18(26)27-14-10-13(20)6-5-12(14)9-15-17(25)23-19(28-15)24-8-4-3-7-22-24/h5-6,9-11,16,22H,3-4,7-8,21H2,1-2H3/b15-9+. The van der Waals surface area contributed by atoms with Gasteiger partial charge in [-0.2, -0.15) is 4.99 Å². The van der Waals surface area contributed by atoms with Crippen molar-refractivity contribution in [2.45, 2.75) is 32.7 Å². The number of hydrazine groups is 1. The molecule has 1 fully saturated rings. The largest absolute Gasteiger partial charge is 0.425 e. The molecule has 1 aromatic rings. The van der Waals surface area contributed by atoms with E-state index in [-0.39, 0.29) is 17.6 Å². The SMILES string of the molecule is CC(C)C(N)C(=O)Oc1cc(F)ccc1/C=C1/SC(N2CCCCN2)=NC1=O. The van der Waals surface area contributed by atoms with Crippen molar-refractivity contribution in [1.82, 2.24) is 10.4 Å². The zero-order chi connectivity index (χ0) is 20.3. The minimum absolute atomic E-state index is 0.0200. The van der Waals surface area contributed by atoms with Crippen LogP contribution in [0.1, 0.15) is 32.3 Å². The number of carbonyl (C=O) groups is 2. The Morgan fingerprint density at radius 3 is 2.89 bits per heavy atom. The molecule has 0 aliphatic carbocycles. The van der Waals surface area contributed by atoms with Crippen LogP contribution in [0.4, 0.5) is 4.39 Å². The molecule has 1 amide bonds. The maximum Gasteiger partial charge on any atom is 0.328 e. The molecule has 3 rings (SSSR count). The van der Waals surface area contributed by atoms with Crippen LogP contribution < -0.4 is 15.9 Å². The van der Waals surface area contributed by atoms with Crippen molar-refractivity contribution in [3.8, 4) is 5.75 Å². The summed E-state index contributed by atoms with van der Waals surface area (Å²) in [6, 6.07) is 2.97. The molecular weight excluding hydrogens is 383 g/mol. The van der Waals surface area contributed by atoms with Crippen LogP contribution in [0.15, 0.2) is 28.1 Å². The first-order valence-corrected chi connectivity index (χ1v) is 9.97. The molecule has 1 aromatic carbocycles. The van der Waals surface area contributed by atoms with E-state index in [1.54, 1.807) is 19.9 Å². The van der Waals surface area contributed by atoms with E-state index in [0.717, 1.165) is 32.0 Å². The summed E-state index contributed by atoms with van der Waals surface area (Å²) < 4.78 is 19.0. The summed E-state index contributed by atoms with van der Waals surface area (Å²) in [6.45, 7) is 5.20. The van der Waals surface area contributed by atoms with Gasteiger partial charge in [-0.05, 0) is 48.7 Å². The Morgan fingerprint density at radius 2 is 2.21 bits per heavy atom. The number of benzene rings is 1. The number of nitrogens with zero attached hydrogens (tertiary/aromatic N) is 2. The van der Waals surface area contributed by atoms with Gasteiger partial charge in [-0.1, -0.05) is 13.8 Å². The van der Waals surface area contributed by atoms with E-state index >= 15 is 0 Å². The zero-order valence-corrected chi connectivity index (χ0v) is 16.6. The van der Waals surface area contributed by atoms with E-state index in [1.165, 1.54) is 23.9 Å². The smallest absolute Gasteiger partial charge is 0.328 e. The number of carbonyl (C=O) groups excluding carboxylic acids is 2. The third-order valence-electron chi connectivity index (χ3n) is 4.41. The number of ether oxygens (including phenoxy) is 1. The van der Waals surface area contributed by atoms with Crippen LogP contribution in [0.2, 0.25) is 0 Å². The molecule has 2 aliphatic heterocycles. The molecule has 150 valence electrons. The molecular formula is C19H23FN4O3S. The lowest BCUT2D eigenvalue weighted by atomic mass is 10.1. The van der Waals surface area contributed by atoms with Gasteiger partial charge in [-0.15, -0.1) is 0 Å². The minimum atomic E-state index is -0.827. The molecule has 2 aliphatic rings. The number of nitrogens with two attached hydrogens (primary N) is 1. The first kappa shape index (κ1) is 20.5. The van der Waals surface area contributed by atoms with E-state index in [1.807, 2.05) is 5.01 Å². The van der Waals surface area contributed by atoms with Crippen molar-refractivity contribution in [3.05, 3.63) is 34.5 Å². The number of amides is 1. The molecule has 7 nitrogen and oxygen atoms in total. The van der Waals surface area contributed by atoms with Crippen LogP contribution >= 0.6 is 11.8 Å². The number of rotatable bonds is 4. The Labute approximate surface area is 167 Å². The van der Waals surface area contributed by atoms with Gasteiger partial charge in [-0.25, -0.2) is 14.6 Å². The summed E-state index contributed by atoms with van der Waals surface area (Å²) in [5.74, 6) is -1.69. The highest BCUT2D eigenvalue weighted by Crippen LogP contribution is 2.33. The summed E-state index contributed by atoms with van der Waals surface area (Å²) in [5.41, 5.74) is 9.42. The molecule has 1 saturated heterocycles. The van der Waals surface area contributed by atoms with Gasteiger partial charge >= 0.3 is 5.97 Å². The summed E-state index contributed by atoms with van der Waals surface area (Å²) in [5, 5.41) is 2.44. The van der Waals surface area contributed by atoms with E-state index in [2.05, 4.69) is 10.4 Å². The summed E-state index contributed by atoms with van der Waals surface area (Å²) in [7, 11) is 0. The van der Waals surface area contributed by atoms with Crippen molar-refractivity contribution in [2.24, 2.45) is 16.6 Å².